The molecule has 1 fully saturated rings. The molecule has 9 heavy (non-hydrogen) atoms. The van der Waals surface area contributed by atoms with E-state index < -0.39 is 0 Å². The van der Waals surface area contributed by atoms with Crippen LogP contribution in [0.3, 0.4) is 0 Å². The molecule has 0 radical (unpaired) electrons. The molecule has 3 N–H and O–H groups in total. The van der Waals surface area contributed by atoms with E-state index in [0.29, 0.717) is 0 Å². The average Bonchev–Trinajstić information content (AvgIpc) is 2.34. The van der Waals surface area contributed by atoms with Crippen molar-refractivity contribution in [2.24, 2.45) is 5.73 Å². The quantitative estimate of drug-likeness (QED) is 0.580. The summed E-state index contributed by atoms with van der Waals surface area (Å²) in [6.45, 7) is 1.77. The van der Waals surface area contributed by atoms with Crippen LogP contribution < -0.4 is 11.1 Å². The van der Waals surface area contributed by atoms with Crippen molar-refractivity contribution >= 4 is 0 Å². The molecule has 1 saturated carbocycles. The molecule has 0 saturated heterocycles. The van der Waals surface area contributed by atoms with Crippen LogP contribution >= 0.6 is 0 Å². The molecule has 0 amide bonds. The van der Waals surface area contributed by atoms with Crippen LogP contribution in [0.5, 0.6) is 0 Å². The maximum absolute atomic E-state index is 5.34. The van der Waals surface area contributed by atoms with E-state index in [1.807, 2.05) is 0 Å². The van der Waals surface area contributed by atoms with Gasteiger partial charge in [0, 0.05) is 19.1 Å². The minimum Gasteiger partial charge on any atom is -0.329 e. The molecule has 0 aromatic rings. The predicted octanol–water partition coefficient (Wildman–Crippen LogP) is 0.477. The van der Waals surface area contributed by atoms with Gasteiger partial charge in [-0.15, -0.1) is 0 Å². The Balaban J connectivity index is 1.98. The lowest BCUT2D eigenvalue weighted by Crippen LogP contribution is -2.30. The highest BCUT2D eigenvalue weighted by Crippen LogP contribution is 2.16. The molecule has 1 rings (SSSR count). The topological polar surface area (TPSA) is 38.0 Å². The first-order valence-corrected chi connectivity index (χ1v) is 3.87. The van der Waals surface area contributed by atoms with Gasteiger partial charge in [0.1, 0.15) is 0 Å². The van der Waals surface area contributed by atoms with Crippen LogP contribution in [0.25, 0.3) is 0 Å². The Labute approximate surface area is 56.8 Å². The Hall–Kier alpha value is -0.0800. The van der Waals surface area contributed by atoms with Gasteiger partial charge < -0.3 is 11.1 Å². The summed E-state index contributed by atoms with van der Waals surface area (Å²) in [5, 5.41) is 3.41. The van der Waals surface area contributed by atoms with Crippen LogP contribution in [0.4, 0.5) is 0 Å². The van der Waals surface area contributed by atoms with Crippen molar-refractivity contribution in [3.05, 3.63) is 0 Å². The fourth-order valence-electron chi connectivity index (χ4n) is 1.42. The van der Waals surface area contributed by atoms with Crippen molar-refractivity contribution < 1.29 is 0 Å². The molecule has 0 spiro atoms. The molecular weight excluding hydrogens is 112 g/mol. The van der Waals surface area contributed by atoms with Crippen molar-refractivity contribution in [1.29, 1.82) is 0 Å². The standard InChI is InChI=1S/C7H16N2/c8-5-6-9-7-3-1-2-4-7/h7,9H,1-6,8H2. The molecule has 2 nitrogen and oxygen atoms in total. The van der Waals surface area contributed by atoms with Crippen molar-refractivity contribution in [1.82, 2.24) is 5.32 Å². The van der Waals surface area contributed by atoms with E-state index in [1.165, 1.54) is 25.7 Å². The van der Waals surface area contributed by atoms with Crippen LogP contribution in [0.1, 0.15) is 25.7 Å². The molecule has 0 aromatic heterocycles. The lowest BCUT2D eigenvalue weighted by atomic mass is 10.2. The summed E-state index contributed by atoms with van der Waals surface area (Å²) in [7, 11) is 0. The van der Waals surface area contributed by atoms with Crippen LogP contribution in [-0.2, 0) is 0 Å². The Kier molecular flexibility index (Phi) is 3.01. The van der Waals surface area contributed by atoms with Crippen LogP contribution in [0.2, 0.25) is 0 Å². The lowest BCUT2D eigenvalue weighted by molar-refractivity contribution is 0.532. The summed E-state index contributed by atoms with van der Waals surface area (Å²) < 4.78 is 0. The highest BCUT2D eigenvalue weighted by molar-refractivity contribution is 4.72. The third-order valence-corrected chi connectivity index (χ3v) is 1.93. The van der Waals surface area contributed by atoms with E-state index in [0.717, 1.165) is 19.1 Å². The Morgan fingerprint density at radius 1 is 1.33 bits per heavy atom. The minimum absolute atomic E-state index is 0.774. The normalized spacial score (nSPS) is 21.0. The molecule has 0 aliphatic heterocycles. The average molecular weight is 128 g/mol. The highest BCUT2D eigenvalue weighted by Gasteiger charge is 2.12. The molecule has 2 heteroatoms. The van der Waals surface area contributed by atoms with E-state index in [1.54, 1.807) is 0 Å². The SMILES string of the molecule is NCCNC1CCCC1. The summed E-state index contributed by atoms with van der Waals surface area (Å²) in [6.07, 6.45) is 5.53. The van der Waals surface area contributed by atoms with Crippen molar-refractivity contribution in [3.63, 3.8) is 0 Å². The largest absolute Gasteiger partial charge is 0.329 e. The van der Waals surface area contributed by atoms with Gasteiger partial charge in [0.15, 0.2) is 0 Å². The van der Waals surface area contributed by atoms with Crippen molar-refractivity contribution in [2.45, 2.75) is 31.7 Å². The molecule has 0 heterocycles. The molecule has 0 aromatic carbocycles. The minimum atomic E-state index is 0.774. The Morgan fingerprint density at radius 2 is 2.00 bits per heavy atom. The fourth-order valence-corrected chi connectivity index (χ4v) is 1.42. The Morgan fingerprint density at radius 3 is 2.56 bits per heavy atom. The molecule has 0 unspecified atom stereocenters. The smallest absolute Gasteiger partial charge is 0.00770 e. The van der Waals surface area contributed by atoms with Crippen LogP contribution in [0.15, 0.2) is 0 Å². The molecule has 1 aliphatic carbocycles. The molecular formula is C7H16N2. The maximum atomic E-state index is 5.34. The first-order chi connectivity index (χ1) is 4.43. The first-order valence-electron chi connectivity index (χ1n) is 3.87. The second-order valence-corrected chi connectivity index (χ2v) is 2.72. The highest BCUT2D eigenvalue weighted by atomic mass is 14.9. The van der Waals surface area contributed by atoms with Crippen LogP contribution in [-0.4, -0.2) is 19.1 Å². The van der Waals surface area contributed by atoms with Gasteiger partial charge in [-0.25, -0.2) is 0 Å². The number of rotatable bonds is 3. The van der Waals surface area contributed by atoms with Gasteiger partial charge >= 0.3 is 0 Å². The molecule has 54 valence electrons. The summed E-state index contributed by atoms with van der Waals surface area (Å²) in [5.41, 5.74) is 5.34. The predicted molar refractivity (Wildman–Crippen MR) is 39.3 cm³/mol. The van der Waals surface area contributed by atoms with E-state index in [-0.39, 0.29) is 0 Å². The third-order valence-electron chi connectivity index (χ3n) is 1.93. The number of nitrogens with two attached hydrogens (primary N) is 1. The summed E-state index contributed by atoms with van der Waals surface area (Å²) in [5.74, 6) is 0. The fraction of sp³-hybridized carbons (Fsp3) is 1.00. The zero-order valence-corrected chi connectivity index (χ0v) is 5.90. The van der Waals surface area contributed by atoms with Gasteiger partial charge in [-0.05, 0) is 12.8 Å². The summed E-state index contributed by atoms with van der Waals surface area (Å²) in [6, 6.07) is 0.786. The van der Waals surface area contributed by atoms with Gasteiger partial charge in [-0.2, -0.15) is 0 Å². The first kappa shape index (κ1) is 7.03. The van der Waals surface area contributed by atoms with Gasteiger partial charge in [0.25, 0.3) is 0 Å². The Bertz CT molecular complexity index is 67.3. The third kappa shape index (κ3) is 2.33. The van der Waals surface area contributed by atoms with Gasteiger partial charge in [0.05, 0.1) is 0 Å². The van der Waals surface area contributed by atoms with Crippen molar-refractivity contribution in [3.8, 4) is 0 Å². The van der Waals surface area contributed by atoms with Gasteiger partial charge in [-0.1, -0.05) is 12.8 Å². The zero-order chi connectivity index (χ0) is 6.53. The summed E-state index contributed by atoms with van der Waals surface area (Å²) in [4.78, 5) is 0. The lowest BCUT2D eigenvalue weighted by Gasteiger charge is -2.08. The second kappa shape index (κ2) is 3.85. The van der Waals surface area contributed by atoms with E-state index >= 15 is 0 Å². The molecule has 1 aliphatic rings. The number of hydrogen-bond acceptors (Lipinski definition) is 2. The van der Waals surface area contributed by atoms with Crippen LogP contribution in [0, 0.1) is 0 Å². The second-order valence-electron chi connectivity index (χ2n) is 2.72. The van der Waals surface area contributed by atoms with Gasteiger partial charge in [-0.3, -0.25) is 0 Å². The number of nitrogens with one attached hydrogen (secondary N) is 1. The maximum Gasteiger partial charge on any atom is 0.00770 e. The van der Waals surface area contributed by atoms with Crippen molar-refractivity contribution in [2.75, 3.05) is 13.1 Å². The monoisotopic (exact) mass is 128 g/mol. The van der Waals surface area contributed by atoms with E-state index in [4.69, 9.17) is 5.73 Å². The summed E-state index contributed by atoms with van der Waals surface area (Å²) >= 11 is 0. The number of hydrogen-bond donors (Lipinski definition) is 2. The molecule has 0 bridgehead atoms. The van der Waals surface area contributed by atoms with Gasteiger partial charge in [0.2, 0.25) is 0 Å². The molecule has 0 atom stereocenters. The zero-order valence-electron chi connectivity index (χ0n) is 5.90. The van der Waals surface area contributed by atoms with E-state index in [2.05, 4.69) is 5.32 Å². The van der Waals surface area contributed by atoms with E-state index in [9.17, 15) is 0 Å².